The van der Waals surface area contributed by atoms with Crippen LogP contribution in [-0.4, -0.2) is 28.5 Å². The number of halogens is 2. The fraction of sp³-hybridized carbons (Fsp3) is 0.357. The smallest absolute Gasteiger partial charge is 0.231 e. The molecule has 0 bridgehead atoms. The van der Waals surface area contributed by atoms with E-state index in [4.69, 9.17) is 11.6 Å². The van der Waals surface area contributed by atoms with E-state index in [0.29, 0.717) is 18.4 Å². The molecular weight excluding hydrogens is 354 g/mol. The van der Waals surface area contributed by atoms with Gasteiger partial charge in [0.15, 0.2) is 0 Å². The average Bonchev–Trinajstić information content (AvgIpc) is 2.47. The van der Waals surface area contributed by atoms with E-state index in [0.717, 1.165) is 23.0 Å². The SMILES string of the molecule is CCCNc1nc(Cl)nc(N(C)Cc2ccccc2Br)n1. The fourth-order valence-electron chi connectivity index (χ4n) is 1.78. The lowest BCUT2D eigenvalue weighted by Crippen LogP contribution is -2.20. The van der Waals surface area contributed by atoms with E-state index >= 15 is 0 Å². The van der Waals surface area contributed by atoms with Crippen LogP contribution in [0.15, 0.2) is 28.7 Å². The second kappa shape index (κ2) is 7.56. The Hall–Kier alpha value is -1.40. The van der Waals surface area contributed by atoms with E-state index in [-0.39, 0.29) is 5.28 Å². The number of aromatic nitrogens is 3. The molecule has 2 aromatic rings. The summed E-state index contributed by atoms with van der Waals surface area (Å²) < 4.78 is 1.06. The summed E-state index contributed by atoms with van der Waals surface area (Å²) in [4.78, 5) is 14.6. The predicted octanol–water partition coefficient (Wildman–Crippen LogP) is 3.75. The molecule has 5 nitrogen and oxygen atoms in total. The molecule has 1 aromatic carbocycles. The lowest BCUT2D eigenvalue weighted by atomic mass is 10.2. The lowest BCUT2D eigenvalue weighted by Gasteiger charge is -2.18. The van der Waals surface area contributed by atoms with Gasteiger partial charge in [0.05, 0.1) is 0 Å². The van der Waals surface area contributed by atoms with E-state index < -0.39 is 0 Å². The summed E-state index contributed by atoms with van der Waals surface area (Å²) >= 11 is 9.51. The van der Waals surface area contributed by atoms with Crippen LogP contribution in [0.4, 0.5) is 11.9 Å². The number of nitrogens with one attached hydrogen (secondary N) is 1. The molecular formula is C14H17BrClN5. The highest BCUT2D eigenvalue weighted by Gasteiger charge is 2.11. The average molecular weight is 371 g/mol. The van der Waals surface area contributed by atoms with E-state index in [2.05, 4.69) is 49.2 Å². The fourth-order valence-corrected chi connectivity index (χ4v) is 2.34. The standard InChI is InChI=1S/C14H17BrClN5/c1-3-8-17-13-18-12(16)19-14(20-13)21(2)9-10-6-4-5-7-11(10)15/h4-7H,3,8-9H2,1-2H3,(H,17,18,19,20). The molecule has 0 saturated heterocycles. The Morgan fingerprint density at radius 2 is 2.00 bits per heavy atom. The summed E-state index contributed by atoms with van der Waals surface area (Å²) in [5.74, 6) is 1.05. The van der Waals surface area contributed by atoms with Gasteiger partial charge in [-0.15, -0.1) is 0 Å². The van der Waals surface area contributed by atoms with Gasteiger partial charge >= 0.3 is 0 Å². The summed E-state index contributed by atoms with van der Waals surface area (Å²) in [5.41, 5.74) is 1.15. The van der Waals surface area contributed by atoms with Gasteiger partial charge in [0, 0.05) is 24.6 Å². The molecule has 7 heteroatoms. The van der Waals surface area contributed by atoms with Crippen molar-refractivity contribution in [2.24, 2.45) is 0 Å². The number of benzene rings is 1. The van der Waals surface area contributed by atoms with Crippen LogP contribution in [0.1, 0.15) is 18.9 Å². The van der Waals surface area contributed by atoms with Crippen LogP contribution in [0.2, 0.25) is 5.28 Å². The minimum atomic E-state index is 0.192. The summed E-state index contributed by atoms with van der Waals surface area (Å²) in [7, 11) is 1.93. The van der Waals surface area contributed by atoms with Crippen molar-refractivity contribution in [1.82, 2.24) is 15.0 Å². The molecule has 21 heavy (non-hydrogen) atoms. The second-order valence-corrected chi connectivity index (χ2v) is 5.79. The maximum absolute atomic E-state index is 5.97. The molecule has 0 aliphatic rings. The largest absolute Gasteiger partial charge is 0.354 e. The van der Waals surface area contributed by atoms with E-state index in [1.165, 1.54) is 0 Å². The van der Waals surface area contributed by atoms with Gasteiger partial charge in [-0.3, -0.25) is 0 Å². The summed E-state index contributed by atoms with van der Waals surface area (Å²) in [6.45, 7) is 3.55. The van der Waals surface area contributed by atoms with Gasteiger partial charge in [-0.05, 0) is 29.7 Å². The molecule has 0 aliphatic carbocycles. The van der Waals surface area contributed by atoms with Gasteiger partial charge in [-0.1, -0.05) is 41.1 Å². The molecule has 0 spiro atoms. The maximum Gasteiger partial charge on any atom is 0.231 e. The van der Waals surface area contributed by atoms with Crippen molar-refractivity contribution in [2.45, 2.75) is 19.9 Å². The minimum absolute atomic E-state index is 0.192. The van der Waals surface area contributed by atoms with Crippen LogP contribution in [-0.2, 0) is 6.54 Å². The second-order valence-electron chi connectivity index (χ2n) is 4.60. The van der Waals surface area contributed by atoms with Crippen molar-refractivity contribution < 1.29 is 0 Å². The number of hydrogen-bond donors (Lipinski definition) is 1. The van der Waals surface area contributed by atoms with Crippen molar-refractivity contribution in [3.8, 4) is 0 Å². The van der Waals surface area contributed by atoms with Gasteiger partial charge < -0.3 is 10.2 Å². The quantitative estimate of drug-likeness (QED) is 0.839. The van der Waals surface area contributed by atoms with Crippen molar-refractivity contribution in [2.75, 3.05) is 23.8 Å². The number of anilines is 2. The molecule has 0 aliphatic heterocycles. The van der Waals surface area contributed by atoms with Gasteiger partial charge in [-0.2, -0.15) is 15.0 Å². The van der Waals surface area contributed by atoms with Gasteiger partial charge in [0.2, 0.25) is 17.2 Å². The summed E-state index contributed by atoms with van der Waals surface area (Å²) in [6.07, 6.45) is 0.992. The van der Waals surface area contributed by atoms with E-state index in [1.54, 1.807) is 0 Å². The molecule has 112 valence electrons. The highest BCUT2D eigenvalue weighted by Crippen LogP contribution is 2.20. The Labute approximate surface area is 137 Å². The Kier molecular flexibility index (Phi) is 5.76. The molecule has 2 rings (SSSR count). The third-order valence-electron chi connectivity index (χ3n) is 2.84. The van der Waals surface area contributed by atoms with Crippen LogP contribution >= 0.6 is 27.5 Å². The molecule has 0 unspecified atom stereocenters. The summed E-state index contributed by atoms with van der Waals surface area (Å²) in [5, 5.41) is 3.32. The number of rotatable bonds is 6. The normalized spacial score (nSPS) is 10.5. The van der Waals surface area contributed by atoms with Crippen molar-refractivity contribution >= 4 is 39.4 Å². The molecule has 1 N–H and O–H groups in total. The third kappa shape index (κ3) is 4.54. The molecule has 1 heterocycles. The van der Waals surface area contributed by atoms with E-state index in [1.807, 2.05) is 30.1 Å². The zero-order chi connectivity index (χ0) is 15.2. The minimum Gasteiger partial charge on any atom is -0.354 e. The Morgan fingerprint density at radius 3 is 2.71 bits per heavy atom. The molecule has 0 radical (unpaired) electrons. The zero-order valence-electron chi connectivity index (χ0n) is 12.0. The Bertz CT molecular complexity index is 608. The van der Waals surface area contributed by atoms with Crippen LogP contribution in [0, 0.1) is 0 Å². The van der Waals surface area contributed by atoms with Gasteiger partial charge in [0.25, 0.3) is 0 Å². The number of nitrogens with zero attached hydrogens (tertiary/aromatic N) is 4. The monoisotopic (exact) mass is 369 g/mol. The third-order valence-corrected chi connectivity index (χ3v) is 3.78. The van der Waals surface area contributed by atoms with Crippen molar-refractivity contribution in [3.05, 3.63) is 39.6 Å². The van der Waals surface area contributed by atoms with Gasteiger partial charge in [-0.25, -0.2) is 0 Å². The molecule has 0 saturated carbocycles. The first-order chi connectivity index (χ1) is 10.1. The highest BCUT2D eigenvalue weighted by molar-refractivity contribution is 9.10. The zero-order valence-corrected chi connectivity index (χ0v) is 14.3. The summed E-state index contributed by atoms with van der Waals surface area (Å²) in [6, 6.07) is 8.06. The van der Waals surface area contributed by atoms with Crippen molar-refractivity contribution in [1.29, 1.82) is 0 Å². The Balaban J connectivity index is 2.16. The van der Waals surface area contributed by atoms with Crippen LogP contribution in [0.5, 0.6) is 0 Å². The lowest BCUT2D eigenvalue weighted by molar-refractivity contribution is 0.845. The molecule has 0 amide bonds. The first kappa shape index (κ1) is 16.0. The maximum atomic E-state index is 5.97. The molecule has 0 fully saturated rings. The molecule has 0 atom stereocenters. The predicted molar refractivity (Wildman–Crippen MR) is 89.9 cm³/mol. The topological polar surface area (TPSA) is 53.9 Å². The highest BCUT2D eigenvalue weighted by atomic mass is 79.9. The Morgan fingerprint density at radius 1 is 1.24 bits per heavy atom. The first-order valence-corrected chi connectivity index (χ1v) is 7.87. The van der Waals surface area contributed by atoms with Gasteiger partial charge in [0.1, 0.15) is 0 Å². The van der Waals surface area contributed by atoms with Crippen LogP contribution < -0.4 is 10.2 Å². The molecule has 1 aromatic heterocycles. The van der Waals surface area contributed by atoms with E-state index in [9.17, 15) is 0 Å². The van der Waals surface area contributed by atoms with Crippen LogP contribution in [0.3, 0.4) is 0 Å². The van der Waals surface area contributed by atoms with Crippen LogP contribution in [0.25, 0.3) is 0 Å². The first-order valence-electron chi connectivity index (χ1n) is 6.70. The number of hydrogen-bond acceptors (Lipinski definition) is 5. The van der Waals surface area contributed by atoms with Crippen molar-refractivity contribution in [3.63, 3.8) is 0 Å².